The number of para-hydroxylation sites is 2. The highest BCUT2D eigenvalue weighted by Gasteiger charge is 2.23. The molecule has 1 aromatic carbocycles. The van der Waals surface area contributed by atoms with Gasteiger partial charge in [-0.05, 0) is 31.9 Å². The number of hydrogen-bond donors (Lipinski definition) is 0. The molecular formula is C24H31N5O. The van der Waals surface area contributed by atoms with E-state index in [-0.39, 0.29) is 11.6 Å². The minimum Gasteiger partial charge on any atom is -0.308 e. The van der Waals surface area contributed by atoms with E-state index < -0.39 is 0 Å². The lowest BCUT2D eigenvalue weighted by Crippen LogP contribution is -2.28. The second kappa shape index (κ2) is 8.54. The molecular weight excluding hydrogens is 374 g/mol. The van der Waals surface area contributed by atoms with Crippen LogP contribution in [-0.2, 0) is 13.0 Å². The van der Waals surface area contributed by atoms with E-state index in [2.05, 4.69) is 32.3 Å². The van der Waals surface area contributed by atoms with Gasteiger partial charge >= 0.3 is 0 Å². The Balaban J connectivity index is 2.06. The summed E-state index contributed by atoms with van der Waals surface area (Å²) in [6, 6.07) is 7.95. The number of nitrogens with zero attached hydrogens (tertiary/aromatic N) is 5. The van der Waals surface area contributed by atoms with Gasteiger partial charge in [0, 0.05) is 19.0 Å². The second-order valence-electron chi connectivity index (χ2n) is 8.11. The number of fused-ring (bicyclic) bond motifs is 4. The monoisotopic (exact) mass is 405 g/mol. The first kappa shape index (κ1) is 20.5. The molecule has 4 aromatic rings. The third-order valence-corrected chi connectivity index (χ3v) is 6.05. The van der Waals surface area contributed by atoms with Gasteiger partial charge in [0.05, 0.1) is 11.0 Å². The molecule has 0 aliphatic rings. The van der Waals surface area contributed by atoms with Gasteiger partial charge in [0.1, 0.15) is 16.7 Å². The summed E-state index contributed by atoms with van der Waals surface area (Å²) in [6.07, 6.45) is 6.19. The van der Waals surface area contributed by atoms with Crippen molar-refractivity contribution < 1.29 is 0 Å². The molecule has 0 saturated heterocycles. The Bertz CT molecular complexity index is 1250. The molecule has 6 heteroatoms. The molecule has 0 bridgehead atoms. The van der Waals surface area contributed by atoms with Crippen molar-refractivity contribution in [1.82, 2.24) is 24.1 Å². The minimum absolute atomic E-state index is 0.00749. The van der Waals surface area contributed by atoms with Crippen molar-refractivity contribution in [1.29, 1.82) is 0 Å². The summed E-state index contributed by atoms with van der Waals surface area (Å²) in [4.78, 5) is 28.5. The van der Waals surface area contributed by atoms with Gasteiger partial charge in [-0.15, -0.1) is 0 Å². The highest BCUT2D eigenvalue weighted by molar-refractivity contribution is 6.04. The van der Waals surface area contributed by atoms with Gasteiger partial charge < -0.3 is 4.57 Å². The largest absolute Gasteiger partial charge is 0.308 e. The SMILES string of the molecule is CCCCCCn1c2nc3ccccc3nc2c2c(=O)n(C(C)CC)c(CC)nc21. The summed E-state index contributed by atoms with van der Waals surface area (Å²) < 4.78 is 3.99. The fourth-order valence-electron chi connectivity index (χ4n) is 4.21. The van der Waals surface area contributed by atoms with Crippen LogP contribution >= 0.6 is 0 Å². The van der Waals surface area contributed by atoms with Crippen LogP contribution < -0.4 is 5.56 Å². The van der Waals surface area contributed by atoms with E-state index in [1.807, 2.05) is 28.8 Å². The van der Waals surface area contributed by atoms with Crippen LogP contribution in [0.25, 0.3) is 33.2 Å². The van der Waals surface area contributed by atoms with Gasteiger partial charge in [-0.2, -0.15) is 0 Å². The summed E-state index contributed by atoms with van der Waals surface area (Å²) in [7, 11) is 0. The lowest BCUT2D eigenvalue weighted by molar-refractivity contribution is 0.488. The normalized spacial score (nSPS) is 12.9. The summed E-state index contributed by atoms with van der Waals surface area (Å²) >= 11 is 0. The van der Waals surface area contributed by atoms with E-state index in [9.17, 15) is 4.79 Å². The third kappa shape index (κ3) is 3.38. The molecule has 0 spiro atoms. The van der Waals surface area contributed by atoms with Crippen LogP contribution in [0.5, 0.6) is 0 Å². The molecule has 0 aliphatic carbocycles. The highest BCUT2D eigenvalue weighted by atomic mass is 16.1. The Labute approximate surface area is 177 Å². The molecule has 1 atom stereocenters. The van der Waals surface area contributed by atoms with Crippen LogP contribution in [-0.4, -0.2) is 24.1 Å². The molecule has 0 amide bonds. The molecule has 1 unspecified atom stereocenters. The Morgan fingerprint density at radius 1 is 0.933 bits per heavy atom. The van der Waals surface area contributed by atoms with Crippen molar-refractivity contribution in [3.63, 3.8) is 0 Å². The van der Waals surface area contributed by atoms with E-state index >= 15 is 0 Å². The topological polar surface area (TPSA) is 65.6 Å². The quantitative estimate of drug-likeness (QED) is 0.368. The van der Waals surface area contributed by atoms with Gasteiger partial charge in [0.25, 0.3) is 5.56 Å². The number of hydrogen-bond acceptors (Lipinski definition) is 4. The second-order valence-corrected chi connectivity index (χ2v) is 8.11. The van der Waals surface area contributed by atoms with Crippen LogP contribution in [0.15, 0.2) is 29.1 Å². The molecule has 30 heavy (non-hydrogen) atoms. The Morgan fingerprint density at radius 2 is 1.67 bits per heavy atom. The maximum Gasteiger partial charge on any atom is 0.265 e. The van der Waals surface area contributed by atoms with Gasteiger partial charge in [-0.3, -0.25) is 9.36 Å². The average molecular weight is 406 g/mol. The summed E-state index contributed by atoms with van der Waals surface area (Å²) in [6.45, 7) is 9.26. The summed E-state index contributed by atoms with van der Waals surface area (Å²) in [5, 5.41) is 0.608. The highest BCUT2D eigenvalue weighted by Crippen LogP contribution is 2.27. The van der Waals surface area contributed by atoms with E-state index in [1.54, 1.807) is 0 Å². The Kier molecular flexibility index (Phi) is 5.84. The Hall–Kier alpha value is -2.76. The van der Waals surface area contributed by atoms with Crippen LogP contribution in [0.4, 0.5) is 0 Å². The minimum atomic E-state index is 0.00749. The number of unbranched alkanes of at least 4 members (excludes halogenated alkanes) is 3. The van der Waals surface area contributed by atoms with Crippen molar-refractivity contribution in [3.8, 4) is 0 Å². The molecule has 3 aromatic heterocycles. The molecule has 0 saturated carbocycles. The smallest absolute Gasteiger partial charge is 0.265 e. The van der Waals surface area contributed by atoms with E-state index in [0.717, 1.165) is 60.4 Å². The molecule has 6 nitrogen and oxygen atoms in total. The molecule has 4 rings (SSSR count). The van der Waals surface area contributed by atoms with Crippen LogP contribution in [0.1, 0.15) is 71.7 Å². The van der Waals surface area contributed by atoms with Gasteiger partial charge in [-0.1, -0.05) is 52.2 Å². The van der Waals surface area contributed by atoms with E-state index in [4.69, 9.17) is 15.0 Å². The number of rotatable bonds is 8. The first-order valence-corrected chi connectivity index (χ1v) is 11.3. The van der Waals surface area contributed by atoms with Crippen LogP contribution in [0, 0.1) is 0 Å². The summed E-state index contributed by atoms with van der Waals surface area (Å²) in [5.41, 5.74) is 3.85. The fourth-order valence-corrected chi connectivity index (χ4v) is 4.21. The zero-order chi connectivity index (χ0) is 21.3. The first-order valence-electron chi connectivity index (χ1n) is 11.3. The zero-order valence-corrected chi connectivity index (χ0v) is 18.5. The maximum atomic E-state index is 13.7. The maximum absolute atomic E-state index is 13.7. The molecule has 0 N–H and O–H groups in total. The number of aryl methyl sites for hydroxylation is 2. The fraction of sp³-hybridized carbons (Fsp3) is 0.500. The van der Waals surface area contributed by atoms with Crippen molar-refractivity contribution in [2.45, 2.75) is 78.8 Å². The number of benzene rings is 1. The molecule has 3 heterocycles. The zero-order valence-electron chi connectivity index (χ0n) is 18.5. The standard InChI is InChI=1S/C24H31N5O/c1-5-8-9-12-15-28-22-20(24(30)29(16(4)6-2)19(7-3)27-22)21-23(28)26-18-14-11-10-13-17(18)25-21/h10-11,13-14,16H,5-9,12,15H2,1-4H3. The first-order chi connectivity index (χ1) is 14.6. The molecule has 0 aliphatic heterocycles. The van der Waals surface area contributed by atoms with Crippen molar-refractivity contribution in [3.05, 3.63) is 40.4 Å². The van der Waals surface area contributed by atoms with Crippen LogP contribution in [0.3, 0.4) is 0 Å². The lowest BCUT2D eigenvalue weighted by atomic mass is 10.2. The van der Waals surface area contributed by atoms with Gasteiger partial charge in [0.2, 0.25) is 0 Å². The molecule has 0 radical (unpaired) electrons. The van der Waals surface area contributed by atoms with Crippen LogP contribution in [0.2, 0.25) is 0 Å². The lowest BCUT2D eigenvalue weighted by Gasteiger charge is -2.17. The van der Waals surface area contributed by atoms with Gasteiger partial charge in [0.15, 0.2) is 11.3 Å². The Morgan fingerprint density at radius 3 is 2.33 bits per heavy atom. The predicted octanol–water partition coefficient (Wildman–Crippen LogP) is 5.41. The van der Waals surface area contributed by atoms with Crippen molar-refractivity contribution in [2.24, 2.45) is 0 Å². The summed E-state index contributed by atoms with van der Waals surface area (Å²) in [5.74, 6) is 0.837. The van der Waals surface area contributed by atoms with E-state index in [0.29, 0.717) is 10.9 Å². The predicted molar refractivity (Wildman–Crippen MR) is 123 cm³/mol. The average Bonchev–Trinajstić information content (AvgIpc) is 3.07. The molecule has 158 valence electrons. The van der Waals surface area contributed by atoms with Crippen molar-refractivity contribution >= 4 is 33.2 Å². The van der Waals surface area contributed by atoms with E-state index in [1.165, 1.54) is 12.8 Å². The number of aromatic nitrogens is 5. The third-order valence-electron chi connectivity index (χ3n) is 6.05. The van der Waals surface area contributed by atoms with Crippen molar-refractivity contribution in [2.75, 3.05) is 0 Å². The van der Waals surface area contributed by atoms with Gasteiger partial charge in [-0.25, -0.2) is 15.0 Å². The molecule has 0 fully saturated rings.